The van der Waals surface area contributed by atoms with Gasteiger partial charge in [0.25, 0.3) is 0 Å². The van der Waals surface area contributed by atoms with Crippen LogP contribution in [0.5, 0.6) is 0 Å². The molecular weight excluding hydrogens is 224 g/mol. The van der Waals surface area contributed by atoms with E-state index in [0.29, 0.717) is 6.54 Å². The van der Waals surface area contributed by atoms with Crippen LogP contribution < -0.4 is 10.6 Å². The molecule has 0 aromatic heterocycles. The van der Waals surface area contributed by atoms with Crippen molar-refractivity contribution in [1.82, 2.24) is 5.32 Å². The minimum absolute atomic E-state index is 0.0122. The number of nitrogens with one attached hydrogen (secondary N) is 2. The van der Waals surface area contributed by atoms with Gasteiger partial charge in [-0.15, -0.1) is 0 Å². The van der Waals surface area contributed by atoms with Gasteiger partial charge < -0.3 is 10.6 Å². The number of carbonyl (C=O) groups excluding carboxylic acids is 1. The van der Waals surface area contributed by atoms with Crippen molar-refractivity contribution in [3.8, 4) is 0 Å². The highest BCUT2D eigenvalue weighted by atomic mass is 16.1. The Bertz CT molecular complexity index is 549. The minimum atomic E-state index is 0.0122. The second-order valence-electron chi connectivity index (χ2n) is 4.64. The number of carbonyl (C=O) groups is 1. The summed E-state index contributed by atoms with van der Waals surface area (Å²) in [6.07, 6.45) is 0. The largest absolute Gasteiger partial charge is 0.376 e. The third-order valence-corrected chi connectivity index (χ3v) is 2.65. The molecule has 0 spiro atoms. The monoisotopic (exact) mass is 242 g/mol. The lowest BCUT2D eigenvalue weighted by Gasteiger charge is -2.10. The van der Waals surface area contributed by atoms with Gasteiger partial charge in [-0.05, 0) is 36.8 Å². The molecule has 0 fully saturated rings. The summed E-state index contributed by atoms with van der Waals surface area (Å²) in [5.41, 5.74) is 0.965. The van der Waals surface area contributed by atoms with Gasteiger partial charge in [-0.25, -0.2) is 0 Å². The molecule has 3 heteroatoms. The molecule has 0 radical (unpaired) electrons. The normalized spacial score (nSPS) is 10.6. The van der Waals surface area contributed by atoms with E-state index in [-0.39, 0.29) is 11.9 Å². The van der Waals surface area contributed by atoms with Gasteiger partial charge in [-0.3, -0.25) is 4.79 Å². The van der Waals surface area contributed by atoms with Crippen molar-refractivity contribution in [2.45, 2.75) is 19.9 Å². The molecule has 2 N–H and O–H groups in total. The summed E-state index contributed by atoms with van der Waals surface area (Å²) in [6, 6.07) is 14.4. The Morgan fingerprint density at radius 3 is 2.56 bits per heavy atom. The molecule has 0 aliphatic rings. The average molecular weight is 242 g/mol. The maximum Gasteiger partial charge on any atom is 0.239 e. The molecule has 0 aliphatic heterocycles. The van der Waals surface area contributed by atoms with E-state index in [9.17, 15) is 4.79 Å². The SMILES string of the molecule is CC(C)NC(=O)CNc1ccc2ccccc2c1. The highest BCUT2D eigenvalue weighted by Gasteiger charge is 2.02. The first kappa shape index (κ1) is 12.4. The molecule has 0 bridgehead atoms. The zero-order chi connectivity index (χ0) is 13.0. The molecule has 18 heavy (non-hydrogen) atoms. The molecule has 0 saturated carbocycles. The highest BCUT2D eigenvalue weighted by Crippen LogP contribution is 2.18. The lowest BCUT2D eigenvalue weighted by molar-refractivity contribution is -0.119. The number of benzene rings is 2. The van der Waals surface area contributed by atoms with Crippen LogP contribution in [0.15, 0.2) is 42.5 Å². The predicted octanol–water partition coefficient (Wildman–Crippen LogP) is 2.78. The van der Waals surface area contributed by atoms with Crippen LogP contribution in [0, 0.1) is 0 Å². The van der Waals surface area contributed by atoms with E-state index in [1.54, 1.807) is 0 Å². The molecule has 0 saturated heterocycles. The second-order valence-corrected chi connectivity index (χ2v) is 4.64. The van der Waals surface area contributed by atoms with Crippen LogP contribution >= 0.6 is 0 Å². The molecule has 0 atom stereocenters. The van der Waals surface area contributed by atoms with Crippen LogP contribution in [0.2, 0.25) is 0 Å². The zero-order valence-corrected chi connectivity index (χ0v) is 10.7. The summed E-state index contributed by atoms with van der Waals surface area (Å²) in [7, 11) is 0. The molecule has 0 aliphatic carbocycles. The van der Waals surface area contributed by atoms with Crippen molar-refractivity contribution in [3.05, 3.63) is 42.5 Å². The molecule has 94 valence electrons. The fraction of sp³-hybridized carbons (Fsp3) is 0.267. The Labute approximate surface area is 107 Å². The van der Waals surface area contributed by atoms with Crippen molar-refractivity contribution in [2.24, 2.45) is 0 Å². The number of fused-ring (bicyclic) bond motifs is 1. The van der Waals surface area contributed by atoms with Crippen LogP contribution in [-0.2, 0) is 4.79 Å². The lowest BCUT2D eigenvalue weighted by atomic mass is 10.1. The Balaban J connectivity index is 2.01. The summed E-state index contributed by atoms with van der Waals surface area (Å²) in [5.74, 6) is 0.0122. The highest BCUT2D eigenvalue weighted by molar-refractivity contribution is 5.87. The molecular formula is C15H18N2O. The fourth-order valence-corrected chi connectivity index (χ4v) is 1.85. The number of hydrogen-bond acceptors (Lipinski definition) is 2. The van der Waals surface area contributed by atoms with Crippen LogP contribution in [0.4, 0.5) is 5.69 Å². The van der Waals surface area contributed by atoms with Crippen LogP contribution in [0.1, 0.15) is 13.8 Å². The van der Waals surface area contributed by atoms with E-state index >= 15 is 0 Å². The summed E-state index contributed by atoms with van der Waals surface area (Å²) >= 11 is 0. The number of hydrogen-bond donors (Lipinski definition) is 2. The smallest absolute Gasteiger partial charge is 0.239 e. The van der Waals surface area contributed by atoms with Gasteiger partial charge in [0.1, 0.15) is 0 Å². The van der Waals surface area contributed by atoms with Gasteiger partial charge in [-0.1, -0.05) is 30.3 Å². The lowest BCUT2D eigenvalue weighted by Crippen LogP contribution is -2.34. The van der Waals surface area contributed by atoms with Crippen molar-refractivity contribution in [1.29, 1.82) is 0 Å². The first-order chi connectivity index (χ1) is 8.65. The predicted molar refractivity (Wildman–Crippen MR) is 75.7 cm³/mol. The fourth-order valence-electron chi connectivity index (χ4n) is 1.85. The molecule has 0 unspecified atom stereocenters. The summed E-state index contributed by atoms with van der Waals surface area (Å²) in [4.78, 5) is 11.5. The number of anilines is 1. The van der Waals surface area contributed by atoms with Gasteiger partial charge in [-0.2, -0.15) is 0 Å². The Hall–Kier alpha value is -2.03. The van der Waals surface area contributed by atoms with Gasteiger partial charge in [0, 0.05) is 11.7 Å². The molecule has 0 heterocycles. The van der Waals surface area contributed by atoms with Gasteiger partial charge in [0.2, 0.25) is 5.91 Å². The Morgan fingerprint density at radius 2 is 1.83 bits per heavy atom. The van der Waals surface area contributed by atoms with Crippen molar-refractivity contribution < 1.29 is 4.79 Å². The maximum absolute atomic E-state index is 11.5. The molecule has 3 nitrogen and oxygen atoms in total. The quantitative estimate of drug-likeness (QED) is 0.865. The van der Waals surface area contributed by atoms with Gasteiger partial charge >= 0.3 is 0 Å². The van der Waals surface area contributed by atoms with E-state index in [1.807, 2.05) is 32.0 Å². The van der Waals surface area contributed by atoms with E-state index in [4.69, 9.17) is 0 Å². The first-order valence-electron chi connectivity index (χ1n) is 6.17. The summed E-state index contributed by atoms with van der Waals surface area (Å²) in [6.45, 7) is 4.21. The Morgan fingerprint density at radius 1 is 1.11 bits per heavy atom. The maximum atomic E-state index is 11.5. The molecule has 2 aromatic carbocycles. The van der Waals surface area contributed by atoms with Gasteiger partial charge in [0.15, 0.2) is 0 Å². The molecule has 2 rings (SSSR count). The van der Waals surface area contributed by atoms with Crippen molar-refractivity contribution >= 4 is 22.4 Å². The number of amides is 1. The molecule has 1 amide bonds. The van der Waals surface area contributed by atoms with Crippen LogP contribution in [-0.4, -0.2) is 18.5 Å². The van der Waals surface area contributed by atoms with E-state index in [0.717, 1.165) is 5.69 Å². The first-order valence-corrected chi connectivity index (χ1v) is 6.17. The topological polar surface area (TPSA) is 41.1 Å². The average Bonchev–Trinajstić information content (AvgIpc) is 2.35. The van der Waals surface area contributed by atoms with E-state index in [2.05, 4.69) is 34.9 Å². The summed E-state index contributed by atoms with van der Waals surface area (Å²) < 4.78 is 0. The van der Waals surface area contributed by atoms with Gasteiger partial charge in [0.05, 0.1) is 6.54 Å². The third kappa shape index (κ3) is 3.23. The van der Waals surface area contributed by atoms with Crippen molar-refractivity contribution in [3.63, 3.8) is 0 Å². The second kappa shape index (κ2) is 5.54. The van der Waals surface area contributed by atoms with Crippen LogP contribution in [0.3, 0.4) is 0 Å². The van der Waals surface area contributed by atoms with Crippen LogP contribution in [0.25, 0.3) is 10.8 Å². The third-order valence-electron chi connectivity index (χ3n) is 2.65. The standard InChI is InChI=1S/C15H18N2O/c1-11(2)17-15(18)10-16-14-8-7-12-5-3-4-6-13(12)9-14/h3-9,11,16H,10H2,1-2H3,(H,17,18). The Kier molecular flexibility index (Phi) is 3.82. The summed E-state index contributed by atoms with van der Waals surface area (Å²) in [5, 5.41) is 8.35. The van der Waals surface area contributed by atoms with E-state index < -0.39 is 0 Å². The molecule has 2 aromatic rings. The van der Waals surface area contributed by atoms with E-state index in [1.165, 1.54) is 10.8 Å². The zero-order valence-electron chi connectivity index (χ0n) is 10.7. The van der Waals surface area contributed by atoms with Crippen molar-refractivity contribution in [2.75, 3.05) is 11.9 Å². The number of rotatable bonds is 4. The minimum Gasteiger partial charge on any atom is -0.376 e.